The molecule has 0 aromatic heterocycles. The highest BCUT2D eigenvalue weighted by Crippen LogP contribution is 2.33. The summed E-state index contributed by atoms with van der Waals surface area (Å²) in [5.41, 5.74) is 3.13. The van der Waals surface area contributed by atoms with Crippen LogP contribution < -0.4 is 19.5 Å². The second-order valence-corrected chi connectivity index (χ2v) is 9.54. The van der Waals surface area contributed by atoms with Gasteiger partial charge in [-0.2, -0.15) is 0 Å². The zero-order chi connectivity index (χ0) is 25.0. The maximum atomic E-state index is 12.8. The number of hydrogen-bond donors (Lipinski definition) is 2. The molecule has 0 unspecified atom stereocenters. The zero-order valence-electron chi connectivity index (χ0n) is 20.5. The molecule has 192 valence electrons. The fourth-order valence-electron chi connectivity index (χ4n) is 4.07. The molecule has 2 N–H and O–H groups in total. The number of hydrogen-bond acceptors (Lipinski definition) is 7. The van der Waals surface area contributed by atoms with E-state index in [1.807, 2.05) is 18.2 Å². The first-order chi connectivity index (χ1) is 17.0. The number of methoxy groups -OCH3 is 2. The number of halogens is 1. The van der Waals surface area contributed by atoms with E-state index in [9.17, 15) is 4.79 Å². The van der Waals surface area contributed by atoms with E-state index in [0.29, 0.717) is 31.1 Å². The molecule has 1 aliphatic rings. The van der Waals surface area contributed by atoms with Gasteiger partial charge in [-0.15, -0.1) is 0 Å². The Hall–Kier alpha value is -2.08. The van der Waals surface area contributed by atoms with Crippen molar-refractivity contribution in [3.8, 4) is 17.2 Å². The van der Waals surface area contributed by atoms with Gasteiger partial charge < -0.3 is 29.4 Å². The molecule has 0 atom stereocenters. The van der Waals surface area contributed by atoms with Gasteiger partial charge in [-0.05, 0) is 89.9 Å². The minimum absolute atomic E-state index is 0.0216. The lowest BCUT2D eigenvalue weighted by Crippen LogP contribution is -2.32. The maximum Gasteiger partial charge on any atom is 0.255 e. The molecule has 1 heterocycles. The van der Waals surface area contributed by atoms with Gasteiger partial charge in [-0.25, -0.2) is 0 Å². The summed E-state index contributed by atoms with van der Waals surface area (Å²) < 4.78 is 22.8. The Morgan fingerprint density at radius 2 is 1.80 bits per heavy atom. The summed E-state index contributed by atoms with van der Waals surface area (Å²) in [4.78, 5) is 15.2. The van der Waals surface area contributed by atoms with Crippen LogP contribution in [0.5, 0.6) is 17.2 Å². The number of aliphatic hydroxyl groups is 1. The fourth-order valence-corrected chi connectivity index (χ4v) is 4.56. The number of nitrogens with zero attached hydrogens (tertiary/aromatic N) is 1. The number of nitrogens with one attached hydrogen (secondary N) is 1. The number of benzene rings is 2. The molecule has 8 nitrogen and oxygen atoms in total. The summed E-state index contributed by atoms with van der Waals surface area (Å²) in [7, 11) is 3.33. The van der Waals surface area contributed by atoms with Crippen molar-refractivity contribution in [3.63, 3.8) is 0 Å². The topological polar surface area (TPSA) is 89.5 Å². The summed E-state index contributed by atoms with van der Waals surface area (Å²) in [5.74, 6) is 1.96. The molecule has 0 aliphatic carbocycles. The van der Waals surface area contributed by atoms with E-state index < -0.39 is 0 Å². The molecule has 0 saturated carbocycles. The second kappa shape index (κ2) is 14.5. The molecular formula is C26H35IN2O6. The molecule has 35 heavy (non-hydrogen) atoms. The third-order valence-corrected chi connectivity index (χ3v) is 6.56. The highest BCUT2D eigenvalue weighted by atomic mass is 127. The van der Waals surface area contributed by atoms with Crippen molar-refractivity contribution < 1.29 is 28.8 Å². The van der Waals surface area contributed by atoms with Crippen LogP contribution in [0.3, 0.4) is 0 Å². The molecule has 0 radical (unpaired) electrons. The van der Waals surface area contributed by atoms with Gasteiger partial charge in [-0.1, -0.05) is 0 Å². The van der Waals surface area contributed by atoms with E-state index in [2.05, 4.69) is 44.9 Å². The average Bonchev–Trinajstić information content (AvgIpc) is 2.87. The minimum atomic E-state index is -0.136. The average molecular weight is 598 g/mol. The Bertz CT molecular complexity index is 971. The van der Waals surface area contributed by atoms with Gasteiger partial charge in [0.2, 0.25) is 0 Å². The molecule has 9 heteroatoms. The highest BCUT2D eigenvalue weighted by Gasteiger charge is 2.19. The number of aliphatic hydroxyl groups excluding tert-OH is 1. The molecule has 0 saturated heterocycles. The number of unbranched alkanes of at least 4 members (excludes halogenated alkanes) is 1. The molecule has 2 aromatic carbocycles. The van der Waals surface area contributed by atoms with Crippen LogP contribution in [0.4, 0.5) is 0 Å². The predicted octanol–water partition coefficient (Wildman–Crippen LogP) is 3.26. The van der Waals surface area contributed by atoms with Crippen molar-refractivity contribution in [1.82, 2.24) is 10.2 Å². The number of ether oxygens (including phenoxy) is 4. The summed E-state index contributed by atoms with van der Waals surface area (Å²) in [5, 5.41) is 11.8. The molecule has 1 aliphatic heterocycles. The number of carbonyl (C=O) groups excluding carboxylic acids is 1. The van der Waals surface area contributed by atoms with Crippen LogP contribution in [0.15, 0.2) is 30.3 Å². The number of amides is 1. The normalized spacial score (nSPS) is 13.3. The van der Waals surface area contributed by atoms with Crippen molar-refractivity contribution in [2.75, 3.05) is 60.3 Å². The monoisotopic (exact) mass is 598 g/mol. The highest BCUT2D eigenvalue weighted by molar-refractivity contribution is 14.1. The van der Waals surface area contributed by atoms with Crippen LogP contribution >= 0.6 is 22.6 Å². The van der Waals surface area contributed by atoms with Gasteiger partial charge in [-0.3, -0.25) is 9.69 Å². The first kappa shape index (κ1) is 27.5. The smallest absolute Gasteiger partial charge is 0.255 e. The quantitative estimate of drug-likeness (QED) is 0.255. The van der Waals surface area contributed by atoms with E-state index in [4.69, 9.17) is 24.1 Å². The Kier molecular flexibility index (Phi) is 11.4. The van der Waals surface area contributed by atoms with Gasteiger partial charge in [0.15, 0.2) is 11.5 Å². The van der Waals surface area contributed by atoms with Crippen LogP contribution in [0.2, 0.25) is 0 Å². The molecule has 1 amide bonds. The predicted molar refractivity (Wildman–Crippen MR) is 143 cm³/mol. The molecule has 0 fully saturated rings. The van der Waals surface area contributed by atoms with E-state index in [0.717, 1.165) is 54.0 Å². The number of rotatable bonds is 14. The summed E-state index contributed by atoms with van der Waals surface area (Å²) in [6.45, 7) is 4.43. The van der Waals surface area contributed by atoms with Crippen LogP contribution in [0, 0.1) is 3.57 Å². The maximum absolute atomic E-state index is 12.8. The second-order valence-electron chi connectivity index (χ2n) is 8.29. The molecule has 0 spiro atoms. The lowest BCUT2D eigenvalue weighted by Gasteiger charge is -2.29. The van der Waals surface area contributed by atoms with Gasteiger partial charge >= 0.3 is 0 Å². The van der Waals surface area contributed by atoms with Crippen LogP contribution in [0.25, 0.3) is 0 Å². The molecular weight excluding hydrogens is 563 g/mol. The molecule has 2 aromatic rings. The lowest BCUT2D eigenvalue weighted by molar-refractivity contribution is 0.0699. The van der Waals surface area contributed by atoms with Gasteiger partial charge in [0.25, 0.3) is 5.91 Å². The van der Waals surface area contributed by atoms with Crippen molar-refractivity contribution in [1.29, 1.82) is 0 Å². The first-order valence-corrected chi connectivity index (χ1v) is 13.0. The van der Waals surface area contributed by atoms with Crippen molar-refractivity contribution in [3.05, 3.63) is 50.6 Å². The summed E-state index contributed by atoms with van der Waals surface area (Å²) in [6, 6.07) is 9.71. The van der Waals surface area contributed by atoms with E-state index >= 15 is 0 Å². The van der Waals surface area contributed by atoms with Crippen LogP contribution in [0.1, 0.15) is 34.3 Å². The Morgan fingerprint density at radius 1 is 1.03 bits per heavy atom. The number of fused-ring (bicyclic) bond motifs is 1. The van der Waals surface area contributed by atoms with E-state index in [1.54, 1.807) is 14.2 Å². The summed E-state index contributed by atoms with van der Waals surface area (Å²) >= 11 is 2.19. The van der Waals surface area contributed by atoms with E-state index in [-0.39, 0.29) is 19.1 Å². The lowest BCUT2D eigenvalue weighted by atomic mass is 9.98. The Labute approximate surface area is 221 Å². The molecule has 0 bridgehead atoms. The molecule has 3 rings (SSSR count). The first-order valence-electron chi connectivity index (χ1n) is 11.9. The Morgan fingerprint density at radius 3 is 2.54 bits per heavy atom. The van der Waals surface area contributed by atoms with Crippen molar-refractivity contribution in [2.45, 2.75) is 25.8 Å². The fraction of sp³-hybridized carbons (Fsp3) is 0.500. The standard InChI is InChI=1S/C26H35IN2O6/c1-32-24-15-19-7-10-29(18-20(19)16-25(24)33-2)9-4-3-8-28-26(31)22-17-21(27)5-6-23(22)35-14-13-34-12-11-30/h5-6,15-17,30H,3-4,7-14,18H2,1-2H3,(H,28,31). The third kappa shape index (κ3) is 8.23. The zero-order valence-corrected chi connectivity index (χ0v) is 22.6. The van der Waals surface area contributed by atoms with Crippen LogP contribution in [-0.2, 0) is 17.7 Å². The van der Waals surface area contributed by atoms with Crippen LogP contribution in [-0.4, -0.2) is 76.2 Å². The van der Waals surface area contributed by atoms with Gasteiger partial charge in [0.1, 0.15) is 12.4 Å². The summed E-state index contributed by atoms with van der Waals surface area (Å²) in [6.07, 6.45) is 2.89. The van der Waals surface area contributed by atoms with Gasteiger partial charge in [0, 0.05) is 23.2 Å². The third-order valence-electron chi connectivity index (χ3n) is 5.89. The van der Waals surface area contributed by atoms with Crippen molar-refractivity contribution in [2.24, 2.45) is 0 Å². The Balaban J connectivity index is 1.42. The SMILES string of the molecule is COc1cc2c(cc1OC)CN(CCCCNC(=O)c1cc(I)ccc1OCCOCCO)CC2. The van der Waals surface area contributed by atoms with Crippen molar-refractivity contribution >= 4 is 28.5 Å². The van der Waals surface area contributed by atoms with E-state index in [1.165, 1.54) is 11.1 Å². The number of carbonyl (C=O) groups is 1. The minimum Gasteiger partial charge on any atom is -0.493 e. The largest absolute Gasteiger partial charge is 0.493 e. The van der Waals surface area contributed by atoms with Gasteiger partial charge in [0.05, 0.1) is 39.6 Å².